The van der Waals surface area contributed by atoms with E-state index in [4.69, 9.17) is 0 Å². The first-order valence-electron chi connectivity index (χ1n) is 5.07. The summed E-state index contributed by atoms with van der Waals surface area (Å²) in [5.41, 5.74) is -1.01. The van der Waals surface area contributed by atoms with E-state index in [2.05, 4.69) is 0 Å². The van der Waals surface area contributed by atoms with Crippen molar-refractivity contribution in [1.29, 1.82) is 0 Å². The lowest BCUT2D eigenvalue weighted by molar-refractivity contribution is -0.141. The maximum atomic E-state index is 11.4. The molecule has 0 aromatic heterocycles. The Kier molecular flexibility index (Phi) is 1.96. The number of carboxylic acids is 1. The van der Waals surface area contributed by atoms with Gasteiger partial charge in [0.15, 0.2) is 0 Å². The van der Waals surface area contributed by atoms with Gasteiger partial charge in [-0.15, -0.1) is 0 Å². The molecular formula is C12H14O4. The summed E-state index contributed by atoms with van der Waals surface area (Å²) in [4.78, 5) is 11.4. The molecule has 0 saturated heterocycles. The van der Waals surface area contributed by atoms with Gasteiger partial charge >= 0.3 is 5.97 Å². The second-order valence-corrected chi connectivity index (χ2v) is 4.97. The van der Waals surface area contributed by atoms with Crippen molar-refractivity contribution in [3.63, 3.8) is 0 Å². The molecule has 86 valence electrons. The standard InChI is InChI=1S/C12H14O4/c1-11(2)6-12(11,10(15)16)8-4-3-7(13)5-9(8)14/h3-5,13-14H,6H2,1-2H3,(H,15,16). The predicted molar refractivity (Wildman–Crippen MR) is 57.5 cm³/mol. The quantitative estimate of drug-likeness (QED) is 0.713. The fraction of sp³-hybridized carbons (Fsp3) is 0.417. The van der Waals surface area contributed by atoms with Crippen molar-refractivity contribution >= 4 is 5.97 Å². The molecule has 1 aliphatic rings. The van der Waals surface area contributed by atoms with Crippen LogP contribution in [0.3, 0.4) is 0 Å². The Morgan fingerprint density at radius 1 is 1.31 bits per heavy atom. The van der Waals surface area contributed by atoms with Crippen LogP contribution in [-0.4, -0.2) is 21.3 Å². The Balaban J connectivity index is 2.56. The van der Waals surface area contributed by atoms with Crippen LogP contribution in [0.4, 0.5) is 0 Å². The van der Waals surface area contributed by atoms with Crippen molar-refractivity contribution in [2.75, 3.05) is 0 Å². The summed E-state index contributed by atoms with van der Waals surface area (Å²) in [5.74, 6) is -1.16. The molecule has 1 aliphatic carbocycles. The third kappa shape index (κ3) is 1.19. The Morgan fingerprint density at radius 2 is 1.88 bits per heavy atom. The minimum absolute atomic E-state index is 0.0692. The molecule has 1 aromatic carbocycles. The van der Waals surface area contributed by atoms with E-state index in [1.807, 2.05) is 13.8 Å². The van der Waals surface area contributed by atoms with Gasteiger partial charge in [-0.2, -0.15) is 0 Å². The van der Waals surface area contributed by atoms with E-state index in [1.165, 1.54) is 18.2 Å². The summed E-state index contributed by atoms with van der Waals surface area (Å²) in [6, 6.07) is 4.05. The number of aromatic hydroxyl groups is 2. The Labute approximate surface area is 93.2 Å². The highest BCUT2D eigenvalue weighted by Gasteiger charge is 2.68. The maximum Gasteiger partial charge on any atom is 0.314 e. The highest BCUT2D eigenvalue weighted by Crippen LogP contribution is 2.66. The summed E-state index contributed by atoms with van der Waals surface area (Å²) >= 11 is 0. The number of phenolic OH excluding ortho intramolecular Hbond substituents is 2. The van der Waals surface area contributed by atoms with E-state index in [9.17, 15) is 20.1 Å². The normalized spacial score (nSPS) is 26.4. The van der Waals surface area contributed by atoms with Crippen molar-refractivity contribution in [2.45, 2.75) is 25.7 Å². The van der Waals surface area contributed by atoms with E-state index in [-0.39, 0.29) is 16.9 Å². The van der Waals surface area contributed by atoms with Crippen LogP contribution >= 0.6 is 0 Å². The van der Waals surface area contributed by atoms with Gasteiger partial charge in [-0.3, -0.25) is 4.79 Å². The average Bonchev–Trinajstić information content (AvgIpc) is 2.70. The molecule has 0 spiro atoms. The molecule has 0 amide bonds. The number of carboxylic acid groups (broad SMARTS) is 1. The Morgan fingerprint density at radius 3 is 2.25 bits per heavy atom. The van der Waals surface area contributed by atoms with Gasteiger partial charge in [0, 0.05) is 11.6 Å². The molecule has 0 radical (unpaired) electrons. The lowest BCUT2D eigenvalue weighted by atomic mass is 9.87. The molecule has 2 rings (SSSR count). The number of rotatable bonds is 2. The molecule has 0 aliphatic heterocycles. The molecule has 1 atom stereocenters. The van der Waals surface area contributed by atoms with Crippen LogP contribution in [0, 0.1) is 5.41 Å². The zero-order valence-electron chi connectivity index (χ0n) is 9.19. The lowest BCUT2D eigenvalue weighted by Crippen LogP contribution is -2.25. The van der Waals surface area contributed by atoms with E-state index in [0.717, 1.165) is 0 Å². The molecule has 0 heterocycles. The first-order chi connectivity index (χ1) is 7.31. The van der Waals surface area contributed by atoms with Gasteiger partial charge < -0.3 is 15.3 Å². The van der Waals surface area contributed by atoms with Gasteiger partial charge in [0.25, 0.3) is 0 Å². The van der Waals surface area contributed by atoms with E-state index in [1.54, 1.807) is 0 Å². The van der Waals surface area contributed by atoms with E-state index in [0.29, 0.717) is 12.0 Å². The zero-order chi connectivity index (χ0) is 12.1. The summed E-state index contributed by atoms with van der Waals surface area (Å²) in [6.45, 7) is 3.71. The van der Waals surface area contributed by atoms with Crippen LogP contribution in [-0.2, 0) is 10.2 Å². The Hall–Kier alpha value is -1.71. The third-order valence-corrected chi connectivity index (χ3v) is 3.54. The predicted octanol–water partition coefficient (Wildman–Crippen LogP) is 1.85. The zero-order valence-corrected chi connectivity index (χ0v) is 9.19. The van der Waals surface area contributed by atoms with Crippen LogP contribution in [0.2, 0.25) is 0 Å². The van der Waals surface area contributed by atoms with Gasteiger partial charge in [0.05, 0.1) is 0 Å². The first-order valence-corrected chi connectivity index (χ1v) is 5.07. The monoisotopic (exact) mass is 222 g/mol. The average molecular weight is 222 g/mol. The molecular weight excluding hydrogens is 208 g/mol. The van der Waals surface area contributed by atoms with Crippen molar-refractivity contribution < 1.29 is 20.1 Å². The van der Waals surface area contributed by atoms with Crippen LogP contribution in [0.15, 0.2) is 18.2 Å². The van der Waals surface area contributed by atoms with Crippen LogP contribution in [0.5, 0.6) is 11.5 Å². The van der Waals surface area contributed by atoms with Gasteiger partial charge in [0.2, 0.25) is 0 Å². The summed E-state index contributed by atoms with van der Waals surface area (Å²) < 4.78 is 0. The summed E-state index contributed by atoms with van der Waals surface area (Å²) in [7, 11) is 0. The number of hydrogen-bond acceptors (Lipinski definition) is 3. The van der Waals surface area contributed by atoms with Gasteiger partial charge in [-0.1, -0.05) is 19.9 Å². The van der Waals surface area contributed by atoms with Crippen LogP contribution < -0.4 is 0 Å². The maximum absolute atomic E-state index is 11.4. The summed E-state index contributed by atoms with van der Waals surface area (Å²) in [5, 5.41) is 28.2. The molecule has 1 aromatic rings. The van der Waals surface area contributed by atoms with Crippen molar-refractivity contribution in [3.8, 4) is 11.5 Å². The summed E-state index contributed by atoms with van der Waals surface area (Å²) in [6.07, 6.45) is 0.494. The number of aliphatic carboxylic acids is 1. The fourth-order valence-corrected chi connectivity index (χ4v) is 2.44. The molecule has 0 bridgehead atoms. The highest BCUT2D eigenvalue weighted by molar-refractivity contribution is 5.88. The number of carbonyl (C=O) groups is 1. The molecule has 1 unspecified atom stereocenters. The van der Waals surface area contributed by atoms with E-state index >= 15 is 0 Å². The molecule has 16 heavy (non-hydrogen) atoms. The molecule has 3 N–H and O–H groups in total. The first kappa shape index (κ1) is 10.8. The van der Waals surface area contributed by atoms with Crippen LogP contribution in [0.25, 0.3) is 0 Å². The van der Waals surface area contributed by atoms with Crippen molar-refractivity contribution in [2.24, 2.45) is 5.41 Å². The number of phenols is 2. The number of benzene rings is 1. The van der Waals surface area contributed by atoms with Crippen molar-refractivity contribution in [3.05, 3.63) is 23.8 Å². The topological polar surface area (TPSA) is 77.8 Å². The molecule has 4 nitrogen and oxygen atoms in total. The SMILES string of the molecule is CC1(C)CC1(C(=O)O)c1ccc(O)cc1O. The molecule has 1 fully saturated rings. The largest absolute Gasteiger partial charge is 0.508 e. The minimum Gasteiger partial charge on any atom is -0.508 e. The smallest absolute Gasteiger partial charge is 0.314 e. The van der Waals surface area contributed by atoms with Gasteiger partial charge in [-0.25, -0.2) is 0 Å². The Bertz CT molecular complexity index is 464. The van der Waals surface area contributed by atoms with Crippen molar-refractivity contribution in [1.82, 2.24) is 0 Å². The highest BCUT2D eigenvalue weighted by atomic mass is 16.4. The molecule has 1 saturated carbocycles. The number of hydrogen-bond donors (Lipinski definition) is 3. The third-order valence-electron chi connectivity index (χ3n) is 3.54. The minimum atomic E-state index is -1.02. The van der Waals surface area contributed by atoms with E-state index < -0.39 is 11.4 Å². The lowest BCUT2D eigenvalue weighted by Gasteiger charge is -2.17. The fourth-order valence-electron chi connectivity index (χ4n) is 2.44. The second kappa shape index (κ2) is 2.90. The second-order valence-electron chi connectivity index (χ2n) is 4.97. The van der Waals surface area contributed by atoms with Gasteiger partial charge in [-0.05, 0) is 17.9 Å². The molecule has 4 heteroatoms. The van der Waals surface area contributed by atoms with Crippen LogP contribution in [0.1, 0.15) is 25.8 Å². The van der Waals surface area contributed by atoms with Gasteiger partial charge in [0.1, 0.15) is 16.9 Å².